The summed E-state index contributed by atoms with van der Waals surface area (Å²) in [7, 11) is 1.56. The predicted octanol–water partition coefficient (Wildman–Crippen LogP) is 2.13. The Bertz CT molecular complexity index is 888. The van der Waals surface area contributed by atoms with Crippen LogP contribution in [0.2, 0.25) is 0 Å². The molecule has 24 heavy (non-hydrogen) atoms. The lowest BCUT2D eigenvalue weighted by Crippen LogP contribution is -2.25. The van der Waals surface area contributed by atoms with Gasteiger partial charge < -0.3 is 15.8 Å². The van der Waals surface area contributed by atoms with Gasteiger partial charge in [0, 0.05) is 30.1 Å². The molecule has 0 fully saturated rings. The maximum atomic E-state index is 12.3. The molecule has 0 aliphatic rings. The third kappa shape index (κ3) is 2.64. The van der Waals surface area contributed by atoms with Gasteiger partial charge in [0.05, 0.1) is 7.11 Å². The number of nitrogens with one attached hydrogen (secondary N) is 1. The number of hydrogen-bond donors (Lipinski definition) is 2. The number of amides is 1. The SMILES string of the molecule is CCCNC(=O)c1nc2c(-c3cccnc3OC)cccn2c1N. The molecule has 7 heteroatoms. The number of imidazole rings is 1. The first-order valence-corrected chi connectivity index (χ1v) is 7.71. The number of aromatic nitrogens is 3. The highest BCUT2D eigenvalue weighted by Gasteiger charge is 2.19. The van der Waals surface area contributed by atoms with Gasteiger partial charge in [-0.2, -0.15) is 0 Å². The van der Waals surface area contributed by atoms with Gasteiger partial charge in [-0.05, 0) is 30.7 Å². The zero-order chi connectivity index (χ0) is 17.1. The second-order valence-corrected chi connectivity index (χ2v) is 5.28. The van der Waals surface area contributed by atoms with E-state index < -0.39 is 0 Å². The van der Waals surface area contributed by atoms with E-state index in [-0.39, 0.29) is 11.6 Å². The molecule has 3 N–H and O–H groups in total. The lowest BCUT2D eigenvalue weighted by atomic mass is 10.1. The Morgan fingerprint density at radius 3 is 2.88 bits per heavy atom. The van der Waals surface area contributed by atoms with E-state index in [9.17, 15) is 4.79 Å². The lowest BCUT2D eigenvalue weighted by molar-refractivity contribution is 0.0950. The normalized spacial score (nSPS) is 10.8. The van der Waals surface area contributed by atoms with E-state index in [4.69, 9.17) is 10.5 Å². The van der Waals surface area contributed by atoms with Crippen molar-refractivity contribution in [2.24, 2.45) is 0 Å². The van der Waals surface area contributed by atoms with E-state index in [0.717, 1.165) is 17.5 Å². The minimum Gasteiger partial charge on any atom is -0.481 e. The van der Waals surface area contributed by atoms with Crippen molar-refractivity contribution < 1.29 is 9.53 Å². The summed E-state index contributed by atoms with van der Waals surface area (Å²) < 4.78 is 7.02. The summed E-state index contributed by atoms with van der Waals surface area (Å²) in [4.78, 5) is 20.9. The molecule has 0 bridgehead atoms. The summed E-state index contributed by atoms with van der Waals surface area (Å²) in [6.45, 7) is 2.57. The molecule has 0 aromatic carbocycles. The molecule has 124 valence electrons. The average molecular weight is 325 g/mol. The maximum Gasteiger partial charge on any atom is 0.273 e. The molecule has 0 unspecified atom stereocenters. The zero-order valence-electron chi connectivity index (χ0n) is 13.6. The van der Waals surface area contributed by atoms with Crippen molar-refractivity contribution in [3.8, 4) is 17.0 Å². The molecule has 7 nitrogen and oxygen atoms in total. The fourth-order valence-electron chi connectivity index (χ4n) is 2.54. The summed E-state index contributed by atoms with van der Waals surface area (Å²) in [5, 5.41) is 2.80. The van der Waals surface area contributed by atoms with Crippen LogP contribution in [0.4, 0.5) is 5.82 Å². The Hall–Kier alpha value is -3.09. The van der Waals surface area contributed by atoms with Gasteiger partial charge in [-0.1, -0.05) is 6.92 Å². The van der Waals surface area contributed by atoms with Gasteiger partial charge in [0.1, 0.15) is 11.5 Å². The molecule has 0 atom stereocenters. The lowest BCUT2D eigenvalue weighted by Gasteiger charge is -2.08. The number of pyridine rings is 2. The van der Waals surface area contributed by atoms with E-state index in [2.05, 4.69) is 15.3 Å². The second kappa shape index (κ2) is 6.57. The summed E-state index contributed by atoms with van der Waals surface area (Å²) in [6.07, 6.45) is 4.28. The van der Waals surface area contributed by atoms with Crippen LogP contribution < -0.4 is 15.8 Å². The molecule has 3 rings (SSSR count). The molecule has 0 radical (unpaired) electrons. The summed E-state index contributed by atoms with van der Waals surface area (Å²) in [5.41, 5.74) is 8.51. The van der Waals surface area contributed by atoms with Gasteiger partial charge in [-0.15, -0.1) is 0 Å². The van der Waals surface area contributed by atoms with Crippen LogP contribution in [0.5, 0.6) is 5.88 Å². The Morgan fingerprint density at radius 1 is 1.33 bits per heavy atom. The largest absolute Gasteiger partial charge is 0.481 e. The minimum absolute atomic E-state index is 0.221. The zero-order valence-corrected chi connectivity index (χ0v) is 13.6. The second-order valence-electron chi connectivity index (χ2n) is 5.28. The number of fused-ring (bicyclic) bond motifs is 1. The van der Waals surface area contributed by atoms with E-state index in [1.165, 1.54) is 0 Å². The Labute approximate surface area is 139 Å². The number of anilines is 1. The van der Waals surface area contributed by atoms with E-state index >= 15 is 0 Å². The molecule has 0 aliphatic heterocycles. The Balaban J connectivity index is 2.16. The van der Waals surface area contributed by atoms with Crippen molar-refractivity contribution in [1.29, 1.82) is 0 Å². The van der Waals surface area contributed by atoms with E-state index in [0.29, 0.717) is 23.9 Å². The number of carbonyl (C=O) groups is 1. The molecule has 0 spiro atoms. The van der Waals surface area contributed by atoms with Crippen molar-refractivity contribution in [1.82, 2.24) is 19.7 Å². The van der Waals surface area contributed by atoms with Gasteiger partial charge in [0.2, 0.25) is 5.88 Å². The Kier molecular flexibility index (Phi) is 4.33. The van der Waals surface area contributed by atoms with Crippen LogP contribution in [0.1, 0.15) is 23.8 Å². The van der Waals surface area contributed by atoms with Gasteiger partial charge in [-0.25, -0.2) is 9.97 Å². The van der Waals surface area contributed by atoms with Crippen LogP contribution >= 0.6 is 0 Å². The highest BCUT2D eigenvalue weighted by molar-refractivity contribution is 5.98. The fraction of sp³-hybridized carbons (Fsp3) is 0.235. The summed E-state index contributed by atoms with van der Waals surface area (Å²) >= 11 is 0. The van der Waals surface area contributed by atoms with Crippen LogP contribution in [-0.4, -0.2) is 33.9 Å². The smallest absolute Gasteiger partial charge is 0.273 e. The Morgan fingerprint density at radius 2 is 2.12 bits per heavy atom. The standard InChI is InChI=1S/C17H19N5O2/c1-3-8-19-16(23)13-14(18)22-10-5-7-11(15(22)21-13)12-6-4-9-20-17(12)24-2/h4-7,9-10H,3,8,18H2,1-2H3,(H,19,23). The monoisotopic (exact) mass is 325 g/mol. The molecule has 1 amide bonds. The van der Waals surface area contributed by atoms with Crippen LogP contribution in [0.3, 0.4) is 0 Å². The fourth-order valence-corrected chi connectivity index (χ4v) is 2.54. The van der Waals surface area contributed by atoms with Crippen molar-refractivity contribution in [2.45, 2.75) is 13.3 Å². The number of carbonyl (C=O) groups excluding carboxylic acids is 1. The molecule has 0 saturated heterocycles. The van der Waals surface area contributed by atoms with Crippen molar-refractivity contribution >= 4 is 17.4 Å². The highest BCUT2D eigenvalue weighted by atomic mass is 16.5. The van der Waals surface area contributed by atoms with Crippen molar-refractivity contribution in [2.75, 3.05) is 19.4 Å². The van der Waals surface area contributed by atoms with Crippen LogP contribution in [-0.2, 0) is 0 Å². The van der Waals surface area contributed by atoms with Crippen LogP contribution in [0, 0.1) is 0 Å². The first-order chi connectivity index (χ1) is 11.7. The first kappa shape index (κ1) is 15.8. The number of hydrogen-bond acceptors (Lipinski definition) is 5. The molecular formula is C17H19N5O2. The molecular weight excluding hydrogens is 306 g/mol. The third-order valence-electron chi connectivity index (χ3n) is 3.69. The van der Waals surface area contributed by atoms with Gasteiger partial charge in [-0.3, -0.25) is 9.20 Å². The highest BCUT2D eigenvalue weighted by Crippen LogP contribution is 2.32. The maximum absolute atomic E-state index is 12.3. The molecule has 3 aromatic heterocycles. The number of nitrogens with zero attached hydrogens (tertiary/aromatic N) is 3. The number of rotatable bonds is 5. The summed E-state index contributed by atoms with van der Waals surface area (Å²) in [5.74, 6) is 0.523. The number of nitrogen functional groups attached to an aromatic ring is 1. The number of ether oxygens (including phenoxy) is 1. The van der Waals surface area contributed by atoms with Crippen molar-refractivity contribution in [3.05, 3.63) is 42.4 Å². The average Bonchev–Trinajstić information content (AvgIpc) is 2.96. The minimum atomic E-state index is -0.276. The molecule has 3 heterocycles. The molecule has 0 saturated carbocycles. The topological polar surface area (TPSA) is 94.5 Å². The number of nitrogens with two attached hydrogens (primary N) is 1. The summed E-state index contributed by atoms with van der Waals surface area (Å²) in [6, 6.07) is 7.46. The van der Waals surface area contributed by atoms with Crippen LogP contribution in [0.15, 0.2) is 36.7 Å². The van der Waals surface area contributed by atoms with E-state index in [1.54, 1.807) is 23.9 Å². The predicted molar refractivity (Wildman–Crippen MR) is 92.0 cm³/mol. The molecule has 3 aromatic rings. The third-order valence-corrected chi connectivity index (χ3v) is 3.69. The van der Waals surface area contributed by atoms with Crippen molar-refractivity contribution in [3.63, 3.8) is 0 Å². The van der Waals surface area contributed by atoms with E-state index in [1.807, 2.05) is 31.2 Å². The number of methoxy groups -OCH3 is 1. The van der Waals surface area contributed by atoms with Gasteiger partial charge >= 0.3 is 0 Å². The first-order valence-electron chi connectivity index (χ1n) is 7.71. The van der Waals surface area contributed by atoms with Gasteiger partial charge in [0.15, 0.2) is 5.69 Å². The van der Waals surface area contributed by atoms with Gasteiger partial charge in [0.25, 0.3) is 5.91 Å². The molecule has 0 aliphatic carbocycles. The quantitative estimate of drug-likeness (QED) is 0.749. The van der Waals surface area contributed by atoms with Crippen LogP contribution in [0.25, 0.3) is 16.8 Å².